The Morgan fingerprint density at radius 3 is 1.21 bits per heavy atom. The predicted molar refractivity (Wildman–Crippen MR) is 92.0 cm³/mol. The van der Waals surface area contributed by atoms with Crippen molar-refractivity contribution in [1.82, 2.24) is 0 Å². The molecular formula is C18H36O6. The lowest BCUT2D eigenvalue weighted by Gasteiger charge is -2.45. The number of aliphatic hydroxyl groups is 3. The van der Waals surface area contributed by atoms with Crippen LogP contribution in [-0.2, 0) is 14.2 Å². The van der Waals surface area contributed by atoms with Gasteiger partial charge in [-0.15, -0.1) is 0 Å². The fourth-order valence-electron chi connectivity index (χ4n) is 2.83. The van der Waals surface area contributed by atoms with E-state index in [1.807, 2.05) is 0 Å². The third kappa shape index (κ3) is 6.24. The summed E-state index contributed by atoms with van der Waals surface area (Å²) >= 11 is 0. The standard InChI is InChI=1S/C18H36O6/c1-4-7-10-22-16-14(20)13(19)15(21)17(23-11-8-5-2)18(16)24-12-9-6-3/h13-21H,4-12H2,1-3H3/t13?,14-,15+,16-,17?,18?/m0/s1. The van der Waals surface area contributed by atoms with Gasteiger partial charge in [0.1, 0.15) is 36.6 Å². The zero-order valence-electron chi connectivity index (χ0n) is 15.4. The second-order valence-electron chi connectivity index (χ2n) is 6.54. The van der Waals surface area contributed by atoms with Gasteiger partial charge < -0.3 is 29.5 Å². The van der Waals surface area contributed by atoms with E-state index < -0.39 is 36.6 Å². The Balaban J connectivity index is 2.83. The van der Waals surface area contributed by atoms with Crippen LogP contribution in [0.3, 0.4) is 0 Å². The molecule has 1 rings (SSSR count). The van der Waals surface area contributed by atoms with Crippen LogP contribution in [0.25, 0.3) is 0 Å². The van der Waals surface area contributed by atoms with Gasteiger partial charge in [0.25, 0.3) is 0 Å². The van der Waals surface area contributed by atoms with E-state index in [9.17, 15) is 15.3 Å². The molecule has 0 aromatic carbocycles. The molecule has 6 heteroatoms. The van der Waals surface area contributed by atoms with Crippen molar-refractivity contribution in [2.24, 2.45) is 0 Å². The lowest BCUT2D eigenvalue weighted by molar-refractivity contribution is -0.257. The maximum atomic E-state index is 10.4. The van der Waals surface area contributed by atoms with Gasteiger partial charge in [0.15, 0.2) is 0 Å². The largest absolute Gasteiger partial charge is 0.387 e. The minimum Gasteiger partial charge on any atom is -0.387 e. The van der Waals surface area contributed by atoms with Crippen LogP contribution >= 0.6 is 0 Å². The van der Waals surface area contributed by atoms with Gasteiger partial charge in [-0.05, 0) is 19.3 Å². The molecule has 6 atom stereocenters. The summed E-state index contributed by atoms with van der Waals surface area (Å²) < 4.78 is 17.5. The topological polar surface area (TPSA) is 88.4 Å². The van der Waals surface area contributed by atoms with Crippen LogP contribution in [-0.4, -0.2) is 71.8 Å². The van der Waals surface area contributed by atoms with E-state index in [4.69, 9.17) is 14.2 Å². The molecular weight excluding hydrogens is 312 g/mol. The lowest BCUT2D eigenvalue weighted by Crippen LogP contribution is -2.65. The quantitative estimate of drug-likeness (QED) is 0.465. The van der Waals surface area contributed by atoms with E-state index in [2.05, 4.69) is 20.8 Å². The molecule has 1 fully saturated rings. The van der Waals surface area contributed by atoms with E-state index in [1.165, 1.54) is 0 Å². The van der Waals surface area contributed by atoms with Gasteiger partial charge in [-0.3, -0.25) is 0 Å². The van der Waals surface area contributed by atoms with Crippen molar-refractivity contribution in [1.29, 1.82) is 0 Å². The molecule has 144 valence electrons. The third-order valence-corrected chi connectivity index (χ3v) is 4.45. The normalized spacial score (nSPS) is 33.8. The Labute approximate surface area is 146 Å². The Kier molecular flexibility index (Phi) is 11.1. The summed E-state index contributed by atoms with van der Waals surface area (Å²) in [5.74, 6) is 0. The SMILES string of the molecule is CCCCOC1C(OCCCC)[C@@H](OCCCC)[C@@H](O)C(O)[C@H]1O. The van der Waals surface area contributed by atoms with Gasteiger partial charge in [-0.1, -0.05) is 40.0 Å². The summed E-state index contributed by atoms with van der Waals surface area (Å²) in [6.07, 6.45) is -0.0839. The van der Waals surface area contributed by atoms with Crippen molar-refractivity contribution in [2.75, 3.05) is 19.8 Å². The van der Waals surface area contributed by atoms with Crippen molar-refractivity contribution < 1.29 is 29.5 Å². The fraction of sp³-hybridized carbons (Fsp3) is 1.00. The number of unbranched alkanes of at least 4 members (excludes halogenated alkanes) is 3. The molecule has 0 aromatic heterocycles. The minimum atomic E-state index is -1.30. The number of aliphatic hydroxyl groups excluding tert-OH is 3. The van der Waals surface area contributed by atoms with Crippen LogP contribution in [0.2, 0.25) is 0 Å². The minimum absolute atomic E-state index is 0.482. The van der Waals surface area contributed by atoms with E-state index in [1.54, 1.807) is 0 Å². The maximum Gasteiger partial charge on any atom is 0.115 e. The smallest absolute Gasteiger partial charge is 0.115 e. The van der Waals surface area contributed by atoms with Gasteiger partial charge >= 0.3 is 0 Å². The Morgan fingerprint density at radius 2 is 0.875 bits per heavy atom. The molecule has 24 heavy (non-hydrogen) atoms. The summed E-state index contributed by atoms with van der Waals surface area (Å²) in [5.41, 5.74) is 0. The van der Waals surface area contributed by atoms with Crippen LogP contribution in [0.5, 0.6) is 0 Å². The number of hydrogen-bond acceptors (Lipinski definition) is 6. The Morgan fingerprint density at radius 1 is 0.542 bits per heavy atom. The zero-order valence-corrected chi connectivity index (χ0v) is 15.4. The number of ether oxygens (including phenoxy) is 3. The molecule has 6 nitrogen and oxygen atoms in total. The summed E-state index contributed by atoms with van der Waals surface area (Å²) in [4.78, 5) is 0. The molecule has 1 aliphatic carbocycles. The van der Waals surface area contributed by atoms with Crippen molar-refractivity contribution in [3.8, 4) is 0 Å². The van der Waals surface area contributed by atoms with E-state index >= 15 is 0 Å². The predicted octanol–water partition coefficient (Wildman–Crippen LogP) is 1.64. The van der Waals surface area contributed by atoms with Gasteiger partial charge in [-0.25, -0.2) is 0 Å². The molecule has 3 N–H and O–H groups in total. The van der Waals surface area contributed by atoms with Crippen LogP contribution in [0.1, 0.15) is 59.3 Å². The average Bonchev–Trinajstić information content (AvgIpc) is 2.58. The Bertz CT molecular complexity index is 290. The first kappa shape index (κ1) is 21.8. The Hall–Kier alpha value is -0.240. The second-order valence-corrected chi connectivity index (χ2v) is 6.54. The summed E-state index contributed by atoms with van der Waals surface area (Å²) in [6, 6.07) is 0. The van der Waals surface area contributed by atoms with Gasteiger partial charge in [0.2, 0.25) is 0 Å². The molecule has 0 spiro atoms. The van der Waals surface area contributed by atoms with Crippen LogP contribution < -0.4 is 0 Å². The molecule has 0 bridgehead atoms. The summed E-state index contributed by atoms with van der Waals surface area (Å²) in [5, 5.41) is 30.9. The molecule has 3 unspecified atom stereocenters. The first-order valence-corrected chi connectivity index (χ1v) is 9.47. The van der Waals surface area contributed by atoms with Crippen molar-refractivity contribution in [2.45, 2.75) is 95.9 Å². The second kappa shape index (κ2) is 12.2. The molecule has 0 aliphatic heterocycles. The molecule has 0 saturated heterocycles. The van der Waals surface area contributed by atoms with Gasteiger partial charge in [0.05, 0.1) is 0 Å². The van der Waals surface area contributed by atoms with Crippen LogP contribution in [0.15, 0.2) is 0 Å². The fourth-order valence-corrected chi connectivity index (χ4v) is 2.83. The van der Waals surface area contributed by atoms with E-state index in [-0.39, 0.29) is 0 Å². The summed E-state index contributed by atoms with van der Waals surface area (Å²) in [6.45, 7) is 7.67. The van der Waals surface area contributed by atoms with Crippen molar-refractivity contribution in [3.63, 3.8) is 0 Å². The average molecular weight is 348 g/mol. The van der Waals surface area contributed by atoms with Crippen LogP contribution in [0.4, 0.5) is 0 Å². The highest BCUT2D eigenvalue weighted by Gasteiger charge is 2.51. The highest BCUT2D eigenvalue weighted by molar-refractivity contribution is 5.01. The molecule has 0 heterocycles. The molecule has 1 saturated carbocycles. The molecule has 0 amide bonds. The maximum absolute atomic E-state index is 10.4. The van der Waals surface area contributed by atoms with Gasteiger partial charge in [0, 0.05) is 19.8 Å². The first-order valence-electron chi connectivity index (χ1n) is 9.47. The summed E-state index contributed by atoms with van der Waals surface area (Å²) in [7, 11) is 0. The van der Waals surface area contributed by atoms with E-state index in [0.29, 0.717) is 19.8 Å². The molecule has 1 aliphatic rings. The highest BCUT2D eigenvalue weighted by atomic mass is 16.6. The lowest BCUT2D eigenvalue weighted by atomic mass is 9.84. The van der Waals surface area contributed by atoms with E-state index in [0.717, 1.165) is 38.5 Å². The number of hydrogen-bond donors (Lipinski definition) is 3. The first-order chi connectivity index (χ1) is 11.6. The monoisotopic (exact) mass is 348 g/mol. The van der Waals surface area contributed by atoms with Crippen molar-refractivity contribution in [3.05, 3.63) is 0 Å². The highest BCUT2D eigenvalue weighted by Crippen LogP contribution is 2.29. The molecule has 0 aromatic rings. The van der Waals surface area contributed by atoms with Crippen LogP contribution in [0, 0.1) is 0 Å². The third-order valence-electron chi connectivity index (χ3n) is 4.45. The number of rotatable bonds is 12. The molecule has 0 radical (unpaired) electrons. The van der Waals surface area contributed by atoms with Crippen molar-refractivity contribution >= 4 is 0 Å². The van der Waals surface area contributed by atoms with Gasteiger partial charge in [-0.2, -0.15) is 0 Å². The zero-order chi connectivity index (χ0) is 17.9.